The monoisotopic (exact) mass is 261 g/mol. The van der Waals surface area contributed by atoms with Crippen LogP contribution in [0.25, 0.3) is 0 Å². The Hall–Kier alpha value is -1.02. The van der Waals surface area contributed by atoms with Crippen LogP contribution in [0.2, 0.25) is 0 Å². The third kappa shape index (κ3) is 2.94. The molecule has 1 aliphatic carbocycles. The second-order valence-corrected chi connectivity index (χ2v) is 6.20. The summed E-state index contributed by atoms with van der Waals surface area (Å²) in [5.74, 6) is 1.62. The molecular weight excluding hydrogens is 234 g/mol. The van der Waals surface area contributed by atoms with E-state index in [0.29, 0.717) is 5.92 Å². The van der Waals surface area contributed by atoms with Gasteiger partial charge in [-0.05, 0) is 49.8 Å². The van der Waals surface area contributed by atoms with Crippen LogP contribution < -0.4 is 10.5 Å². The first-order chi connectivity index (χ1) is 9.08. The van der Waals surface area contributed by atoms with Gasteiger partial charge in [-0.1, -0.05) is 32.4 Å². The van der Waals surface area contributed by atoms with Crippen LogP contribution in [0.4, 0.5) is 0 Å². The fourth-order valence-electron chi connectivity index (χ4n) is 3.21. The number of hydrogen-bond acceptors (Lipinski definition) is 2. The van der Waals surface area contributed by atoms with Gasteiger partial charge in [-0.3, -0.25) is 0 Å². The fourth-order valence-corrected chi connectivity index (χ4v) is 3.21. The summed E-state index contributed by atoms with van der Waals surface area (Å²) in [6.45, 7) is 7.24. The van der Waals surface area contributed by atoms with Crippen molar-refractivity contribution < 1.29 is 4.74 Å². The molecule has 1 saturated carbocycles. The van der Waals surface area contributed by atoms with E-state index in [1.807, 2.05) is 6.92 Å². The van der Waals surface area contributed by atoms with E-state index in [2.05, 4.69) is 38.1 Å². The number of nitrogens with two attached hydrogens (primary N) is 1. The van der Waals surface area contributed by atoms with Crippen molar-refractivity contribution in [3.63, 3.8) is 0 Å². The molecule has 0 heterocycles. The van der Waals surface area contributed by atoms with E-state index in [9.17, 15) is 0 Å². The minimum atomic E-state index is 0.217. The maximum absolute atomic E-state index is 6.51. The molecular formula is C17H27NO. The number of rotatable bonds is 6. The van der Waals surface area contributed by atoms with Gasteiger partial charge in [-0.2, -0.15) is 0 Å². The smallest absolute Gasteiger partial charge is 0.119 e. The van der Waals surface area contributed by atoms with E-state index >= 15 is 0 Å². The van der Waals surface area contributed by atoms with E-state index in [0.717, 1.165) is 18.8 Å². The molecule has 0 aliphatic heterocycles. The van der Waals surface area contributed by atoms with Gasteiger partial charge in [0.25, 0.3) is 0 Å². The van der Waals surface area contributed by atoms with Gasteiger partial charge < -0.3 is 10.5 Å². The second-order valence-electron chi connectivity index (χ2n) is 6.20. The van der Waals surface area contributed by atoms with Crippen LogP contribution in [0.1, 0.15) is 52.0 Å². The molecule has 1 aromatic carbocycles. The molecule has 0 amide bonds. The molecule has 2 heteroatoms. The van der Waals surface area contributed by atoms with Crippen molar-refractivity contribution in [3.8, 4) is 5.75 Å². The minimum absolute atomic E-state index is 0.217. The fraction of sp³-hybridized carbons (Fsp3) is 0.647. The van der Waals surface area contributed by atoms with Gasteiger partial charge in [-0.15, -0.1) is 0 Å². The molecule has 1 aromatic rings. The molecule has 1 atom stereocenters. The summed E-state index contributed by atoms with van der Waals surface area (Å²) in [5, 5.41) is 0. The van der Waals surface area contributed by atoms with E-state index in [4.69, 9.17) is 10.5 Å². The van der Waals surface area contributed by atoms with Crippen LogP contribution >= 0.6 is 0 Å². The first-order valence-corrected chi connectivity index (χ1v) is 7.57. The molecule has 0 bridgehead atoms. The van der Waals surface area contributed by atoms with Gasteiger partial charge in [0.15, 0.2) is 0 Å². The summed E-state index contributed by atoms with van der Waals surface area (Å²) in [6.07, 6.45) is 4.87. The van der Waals surface area contributed by atoms with Crippen LogP contribution in [-0.2, 0) is 5.41 Å². The van der Waals surface area contributed by atoms with E-state index in [-0.39, 0.29) is 11.5 Å². The Bertz CT molecular complexity index is 392. The highest BCUT2D eigenvalue weighted by molar-refractivity contribution is 5.35. The Kier molecular flexibility index (Phi) is 4.51. The standard InChI is InChI=1S/C17H27NO/c1-4-19-15-8-6-14(7-9-15)17(10-5-11-17)16(18)12-13(2)3/h6-9,13,16H,4-5,10-12,18H2,1-3H3/t16-/m1/s1. The molecule has 0 radical (unpaired) electrons. The number of hydrogen-bond donors (Lipinski definition) is 1. The molecule has 1 aliphatic rings. The van der Waals surface area contributed by atoms with Gasteiger partial charge in [0.2, 0.25) is 0 Å². The third-order valence-corrected chi connectivity index (χ3v) is 4.42. The van der Waals surface area contributed by atoms with Crippen molar-refractivity contribution >= 4 is 0 Å². The zero-order chi connectivity index (χ0) is 13.9. The Labute approximate surface area is 117 Å². The minimum Gasteiger partial charge on any atom is -0.494 e. The van der Waals surface area contributed by atoms with Gasteiger partial charge in [-0.25, -0.2) is 0 Å². The highest BCUT2D eigenvalue weighted by Crippen LogP contribution is 2.47. The second kappa shape index (κ2) is 5.96. The van der Waals surface area contributed by atoms with E-state index in [1.54, 1.807) is 0 Å². The zero-order valence-electron chi connectivity index (χ0n) is 12.5. The molecule has 2 N–H and O–H groups in total. The van der Waals surface area contributed by atoms with Crippen LogP contribution in [0, 0.1) is 5.92 Å². The molecule has 1 fully saturated rings. The average molecular weight is 261 g/mol. The van der Waals surface area contributed by atoms with Crippen molar-refractivity contribution in [2.75, 3.05) is 6.61 Å². The largest absolute Gasteiger partial charge is 0.494 e. The summed E-state index contributed by atoms with van der Waals surface area (Å²) in [5.41, 5.74) is 8.13. The predicted molar refractivity (Wildman–Crippen MR) is 80.6 cm³/mol. The highest BCUT2D eigenvalue weighted by Gasteiger charge is 2.43. The van der Waals surface area contributed by atoms with Crippen LogP contribution in [0.15, 0.2) is 24.3 Å². The molecule has 106 valence electrons. The Morgan fingerprint density at radius 1 is 1.21 bits per heavy atom. The molecule has 2 nitrogen and oxygen atoms in total. The van der Waals surface area contributed by atoms with Crippen LogP contribution in [0.5, 0.6) is 5.75 Å². The first kappa shape index (κ1) is 14.4. The van der Waals surface area contributed by atoms with Crippen LogP contribution in [0.3, 0.4) is 0 Å². The highest BCUT2D eigenvalue weighted by atomic mass is 16.5. The summed E-state index contributed by atoms with van der Waals surface area (Å²) in [7, 11) is 0. The Morgan fingerprint density at radius 2 is 1.84 bits per heavy atom. The van der Waals surface area contributed by atoms with Gasteiger partial charge >= 0.3 is 0 Å². The number of benzene rings is 1. The van der Waals surface area contributed by atoms with Gasteiger partial charge in [0, 0.05) is 11.5 Å². The van der Waals surface area contributed by atoms with Gasteiger partial charge in [0.1, 0.15) is 5.75 Å². The summed E-state index contributed by atoms with van der Waals surface area (Å²) >= 11 is 0. The third-order valence-electron chi connectivity index (χ3n) is 4.42. The average Bonchev–Trinajstić information content (AvgIpc) is 2.29. The molecule has 0 unspecified atom stereocenters. The lowest BCUT2D eigenvalue weighted by atomic mass is 9.59. The Balaban J connectivity index is 2.16. The normalized spacial score (nSPS) is 19.0. The lowest BCUT2D eigenvalue weighted by Crippen LogP contribution is -2.50. The quantitative estimate of drug-likeness (QED) is 0.843. The predicted octanol–water partition coefficient (Wildman–Crippen LogP) is 3.88. The van der Waals surface area contributed by atoms with Gasteiger partial charge in [0.05, 0.1) is 6.61 Å². The van der Waals surface area contributed by atoms with Crippen molar-refractivity contribution in [2.45, 2.75) is 57.9 Å². The lowest BCUT2D eigenvalue weighted by molar-refractivity contribution is 0.178. The number of ether oxygens (including phenoxy) is 1. The maximum Gasteiger partial charge on any atom is 0.119 e. The van der Waals surface area contributed by atoms with Crippen molar-refractivity contribution in [1.29, 1.82) is 0 Å². The zero-order valence-corrected chi connectivity index (χ0v) is 12.5. The van der Waals surface area contributed by atoms with Crippen molar-refractivity contribution in [2.24, 2.45) is 11.7 Å². The summed E-state index contributed by atoms with van der Waals surface area (Å²) in [4.78, 5) is 0. The topological polar surface area (TPSA) is 35.2 Å². The van der Waals surface area contributed by atoms with Crippen molar-refractivity contribution in [1.82, 2.24) is 0 Å². The summed E-state index contributed by atoms with van der Waals surface area (Å²) in [6, 6.07) is 8.87. The molecule has 0 saturated heterocycles. The Morgan fingerprint density at radius 3 is 2.26 bits per heavy atom. The molecule has 0 spiro atoms. The van der Waals surface area contributed by atoms with Crippen LogP contribution in [-0.4, -0.2) is 12.6 Å². The molecule has 19 heavy (non-hydrogen) atoms. The van der Waals surface area contributed by atoms with E-state index < -0.39 is 0 Å². The molecule has 0 aromatic heterocycles. The van der Waals surface area contributed by atoms with E-state index in [1.165, 1.54) is 24.8 Å². The lowest BCUT2D eigenvalue weighted by Gasteiger charge is -2.47. The SMILES string of the molecule is CCOc1ccc(C2([C@H](N)CC(C)C)CCC2)cc1. The molecule has 2 rings (SSSR count). The first-order valence-electron chi connectivity index (χ1n) is 7.57. The van der Waals surface area contributed by atoms with Crippen molar-refractivity contribution in [3.05, 3.63) is 29.8 Å². The maximum atomic E-state index is 6.51. The summed E-state index contributed by atoms with van der Waals surface area (Å²) < 4.78 is 5.52.